The molecule has 0 N–H and O–H groups in total. The Morgan fingerprint density at radius 1 is 1.10 bits per heavy atom. The molecule has 0 spiro atoms. The summed E-state index contributed by atoms with van der Waals surface area (Å²) >= 11 is 9.89. The third-order valence-electron chi connectivity index (χ3n) is 3.80. The fourth-order valence-corrected chi connectivity index (χ4v) is 3.56. The normalized spacial score (nSPS) is 11.7. The third kappa shape index (κ3) is 4.66. The number of hydrogen-bond acceptors (Lipinski definition) is 1. The van der Waals surface area contributed by atoms with E-state index in [1.165, 1.54) is 25.7 Å². The Kier molecular flexibility index (Phi) is 7.39. The Labute approximate surface area is 137 Å². The van der Waals surface area contributed by atoms with Crippen molar-refractivity contribution in [2.24, 2.45) is 5.41 Å². The monoisotopic (exact) mass is 360 g/mol. The van der Waals surface area contributed by atoms with Gasteiger partial charge in [0.1, 0.15) is 5.75 Å². The highest BCUT2D eigenvalue weighted by atomic mass is 79.9. The maximum Gasteiger partial charge on any atom is 0.119 e. The zero-order chi connectivity index (χ0) is 15.2. The van der Waals surface area contributed by atoms with Gasteiger partial charge < -0.3 is 4.74 Å². The molecule has 0 unspecified atom stereocenters. The minimum Gasteiger partial charge on any atom is -0.493 e. The van der Waals surface area contributed by atoms with Gasteiger partial charge >= 0.3 is 0 Å². The first kappa shape index (κ1) is 17.8. The van der Waals surface area contributed by atoms with Crippen LogP contribution in [0.25, 0.3) is 0 Å². The number of hydrogen-bond donors (Lipinski definition) is 0. The van der Waals surface area contributed by atoms with E-state index in [-0.39, 0.29) is 5.41 Å². The molecular weight excluding hydrogens is 336 g/mol. The Morgan fingerprint density at radius 2 is 1.60 bits per heavy atom. The van der Waals surface area contributed by atoms with Crippen molar-refractivity contribution >= 4 is 27.5 Å². The second-order valence-electron chi connectivity index (χ2n) is 5.79. The number of rotatable bonds is 8. The van der Waals surface area contributed by atoms with Crippen molar-refractivity contribution in [3.63, 3.8) is 0 Å². The van der Waals surface area contributed by atoms with Gasteiger partial charge in [0.25, 0.3) is 0 Å². The lowest BCUT2D eigenvalue weighted by molar-refractivity contribution is 0.144. The molecule has 0 bridgehead atoms. The maximum absolute atomic E-state index is 6.20. The van der Waals surface area contributed by atoms with E-state index in [4.69, 9.17) is 16.3 Å². The van der Waals surface area contributed by atoms with E-state index in [2.05, 4.69) is 29.8 Å². The van der Waals surface area contributed by atoms with Gasteiger partial charge in [-0.25, -0.2) is 0 Å². The van der Waals surface area contributed by atoms with E-state index in [1.54, 1.807) is 0 Å². The summed E-state index contributed by atoms with van der Waals surface area (Å²) in [5, 5.41) is 1.83. The van der Waals surface area contributed by atoms with Crippen LogP contribution in [-0.2, 0) is 0 Å². The zero-order valence-electron chi connectivity index (χ0n) is 13.1. The summed E-state index contributed by atoms with van der Waals surface area (Å²) in [6.07, 6.45) is 4.76. The van der Waals surface area contributed by atoms with Gasteiger partial charge in [-0.1, -0.05) is 54.2 Å². The van der Waals surface area contributed by atoms with Crippen LogP contribution in [0.2, 0.25) is 5.02 Å². The smallest absolute Gasteiger partial charge is 0.119 e. The van der Waals surface area contributed by atoms with Crippen molar-refractivity contribution in [3.8, 4) is 5.75 Å². The highest BCUT2D eigenvalue weighted by Crippen LogP contribution is 2.34. The van der Waals surface area contributed by atoms with Gasteiger partial charge in [-0.3, -0.25) is 0 Å². The van der Waals surface area contributed by atoms with Crippen LogP contribution in [0.15, 0.2) is 12.1 Å². The number of alkyl halides is 1. The lowest BCUT2D eigenvalue weighted by Crippen LogP contribution is -2.30. The van der Waals surface area contributed by atoms with Crippen molar-refractivity contribution in [2.45, 2.75) is 53.4 Å². The Bertz CT molecular complexity index is 402. The first-order valence-corrected chi connectivity index (χ1v) is 8.93. The van der Waals surface area contributed by atoms with E-state index >= 15 is 0 Å². The lowest BCUT2D eigenvalue weighted by atomic mass is 9.82. The van der Waals surface area contributed by atoms with E-state index in [0.29, 0.717) is 0 Å². The molecule has 0 radical (unpaired) electrons. The van der Waals surface area contributed by atoms with Gasteiger partial charge in [-0.2, -0.15) is 0 Å². The number of halogens is 2. The van der Waals surface area contributed by atoms with Crippen LogP contribution in [0.1, 0.15) is 50.7 Å². The first-order chi connectivity index (χ1) is 9.48. The molecule has 0 aliphatic heterocycles. The van der Waals surface area contributed by atoms with E-state index in [9.17, 15) is 0 Å². The zero-order valence-corrected chi connectivity index (χ0v) is 15.4. The number of ether oxygens (including phenoxy) is 1. The molecule has 0 saturated carbocycles. The highest BCUT2D eigenvalue weighted by Gasteiger charge is 2.28. The van der Waals surface area contributed by atoms with Gasteiger partial charge in [0.15, 0.2) is 0 Å². The van der Waals surface area contributed by atoms with Crippen molar-refractivity contribution in [1.29, 1.82) is 0 Å². The van der Waals surface area contributed by atoms with Crippen LogP contribution in [0.4, 0.5) is 0 Å². The van der Waals surface area contributed by atoms with Crippen molar-refractivity contribution in [2.75, 3.05) is 11.9 Å². The summed E-state index contributed by atoms with van der Waals surface area (Å²) in [6.45, 7) is 9.30. The van der Waals surface area contributed by atoms with E-state index in [0.717, 1.165) is 33.8 Å². The fraction of sp³-hybridized carbons (Fsp3) is 0.647. The Morgan fingerprint density at radius 3 is 2.00 bits per heavy atom. The van der Waals surface area contributed by atoms with Gasteiger partial charge in [0.05, 0.1) is 6.61 Å². The summed E-state index contributed by atoms with van der Waals surface area (Å²) in [5.74, 6) is 0.932. The quantitative estimate of drug-likeness (QED) is 0.492. The second-order valence-corrected chi connectivity index (χ2v) is 6.73. The fourth-order valence-electron chi connectivity index (χ4n) is 2.73. The summed E-state index contributed by atoms with van der Waals surface area (Å²) < 4.78 is 6.10. The van der Waals surface area contributed by atoms with Crippen LogP contribution >= 0.6 is 27.5 Å². The molecule has 1 aromatic rings. The van der Waals surface area contributed by atoms with Gasteiger partial charge in [0.2, 0.25) is 0 Å². The topological polar surface area (TPSA) is 9.23 Å². The van der Waals surface area contributed by atoms with Gasteiger partial charge in [-0.15, -0.1) is 0 Å². The molecule has 1 aromatic carbocycles. The molecule has 0 aromatic heterocycles. The van der Waals surface area contributed by atoms with Crippen LogP contribution in [0, 0.1) is 19.3 Å². The molecule has 0 saturated heterocycles. The van der Waals surface area contributed by atoms with Crippen LogP contribution in [0.3, 0.4) is 0 Å². The average molecular weight is 362 g/mol. The molecular formula is C17H26BrClO. The molecule has 1 nitrogen and oxygen atoms in total. The summed E-state index contributed by atoms with van der Waals surface area (Å²) in [6, 6.07) is 4.07. The molecule has 0 atom stereocenters. The second kappa shape index (κ2) is 8.29. The van der Waals surface area contributed by atoms with Crippen molar-refractivity contribution < 1.29 is 4.74 Å². The molecule has 0 fully saturated rings. The molecule has 0 aliphatic rings. The van der Waals surface area contributed by atoms with E-state index < -0.39 is 0 Å². The van der Waals surface area contributed by atoms with Crippen LogP contribution in [-0.4, -0.2) is 11.9 Å². The predicted octanol–water partition coefficient (Wildman–Crippen LogP) is 6.32. The maximum atomic E-state index is 6.20. The molecule has 0 heterocycles. The molecule has 1 rings (SSSR count). The summed E-state index contributed by atoms with van der Waals surface area (Å²) in [5.41, 5.74) is 2.40. The molecule has 0 amide bonds. The minimum atomic E-state index is 0.241. The number of benzene rings is 1. The molecule has 0 aliphatic carbocycles. The van der Waals surface area contributed by atoms with Crippen molar-refractivity contribution in [3.05, 3.63) is 28.3 Å². The summed E-state index contributed by atoms with van der Waals surface area (Å²) in [7, 11) is 0. The standard InChI is InChI=1S/C17H26BrClO/c1-5-7-17(11-18,8-6-2)12-20-15-9-13(3)16(19)14(4)10-15/h9-10H,5-8,11-12H2,1-4H3. The van der Waals surface area contributed by atoms with Gasteiger partial charge in [-0.05, 0) is 49.9 Å². The highest BCUT2D eigenvalue weighted by molar-refractivity contribution is 9.09. The largest absolute Gasteiger partial charge is 0.493 e. The first-order valence-electron chi connectivity index (χ1n) is 7.43. The Balaban J connectivity index is 2.81. The molecule has 3 heteroatoms. The predicted molar refractivity (Wildman–Crippen MR) is 92.5 cm³/mol. The molecule has 20 heavy (non-hydrogen) atoms. The average Bonchev–Trinajstić information content (AvgIpc) is 2.42. The lowest BCUT2D eigenvalue weighted by Gasteiger charge is -2.31. The third-order valence-corrected chi connectivity index (χ3v) is 5.58. The van der Waals surface area contributed by atoms with Crippen LogP contribution < -0.4 is 4.74 Å². The van der Waals surface area contributed by atoms with Crippen molar-refractivity contribution in [1.82, 2.24) is 0 Å². The van der Waals surface area contributed by atoms with E-state index in [1.807, 2.05) is 26.0 Å². The van der Waals surface area contributed by atoms with Gasteiger partial charge in [0, 0.05) is 15.8 Å². The number of aryl methyl sites for hydroxylation is 2. The van der Waals surface area contributed by atoms with Crippen LogP contribution in [0.5, 0.6) is 5.75 Å². The Hall–Kier alpha value is -0.210. The SMILES string of the molecule is CCCC(CBr)(CCC)COc1cc(C)c(Cl)c(C)c1. The molecule has 114 valence electrons. The minimum absolute atomic E-state index is 0.241. The summed E-state index contributed by atoms with van der Waals surface area (Å²) in [4.78, 5) is 0.